The summed E-state index contributed by atoms with van der Waals surface area (Å²) in [5, 5.41) is 14.0. The molecular formula is C13H10N2O6S. The van der Waals surface area contributed by atoms with Gasteiger partial charge in [-0.15, -0.1) is 0 Å². The van der Waals surface area contributed by atoms with E-state index in [1.165, 1.54) is 18.2 Å². The third-order valence-electron chi connectivity index (χ3n) is 2.74. The first kappa shape index (κ1) is 15.6. The number of rotatable bonds is 4. The Morgan fingerprint density at radius 3 is 2.36 bits per heavy atom. The van der Waals surface area contributed by atoms with E-state index in [9.17, 15) is 23.3 Å². The molecule has 0 radical (unpaired) electrons. The van der Waals surface area contributed by atoms with Gasteiger partial charge in [0.05, 0.1) is 4.92 Å². The number of nitrogens with zero attached hydrogens (tertiary/aromatic N) is 2. The highest BCUT2D eigenvalue weighted by molar-refractivity contribution is 7.86. The number of ketones is 1. The zero-order valence-corrected chi connectivity index (χ0v) is 12.1. The number of non-ortho nitro benzene ring substituents is 1. The Balaban J connectivity index is 2.21. The number of carbonyl (C=O) groups is 1. The van der Waals surface area contributed by atoms with Crippen molar-refractivity contribution in [3.8, 4) is 0 Å². The Kier molecular flexibility index (Phi) is 4.18. The minimum Gasteiger partial charge on any atom is -0.290 e. The van der Waals surface area contributed by atoms with E-state index < -0.39 is 15.0 Å². The van der Waals surface area contributed by atoms with Gasteiger partial charge < -0.3 is 0 Å². The molecule has 0 heterocycles. The van der Waals surface area contributed by atoms with Gasteiger partial charge in [0.15, 0.2) is 5.78 Å². The van der Waals surface area contributed by atoms with Crippen LogP contribution in [0, 0.1) is 10.1 Å². The van der Waals surface area contributed by atoms with Crippen molar-refractivity contribution in [2.24, 2.45) is 5.16 Å². The summed E-state index contributed by atoms with van der Waals surface area (Å²) in [4.78, 5) is 20.7. The minimum absolute atomic E-state index is 0.199. The molecule has 0 amide bonds. The predicted molar refractivity (Wildman–Crippen MR) is 76.7 cm³/mol. The Labute approximate surface area is 125 Å². The van der Waals surface area contributed by atoms with E-state index in [1.807, 2.05) is 0 Å². The lowest BCUT2D eigenvalue weighted by atomic mass is 10.1. The van der Waals surface area contributed by atoms with Crippen LogP contribution in [0.1, 0.15) is 6.92 Å². The van der Waals surface area contributed by atoms with Gasteiger partial charge in [0.2, 0.25) is 0 Å². The third kappa shape index (κ3) is 3.44. The van der Waals surface area contributed by atoms with Crippen molar-refractivity contribution in [2.75, 3.05) is 0 Å². The molecule has 0 saturated heterocycles. The molecule has 0 atom stereocenters. The van der Waals surface area contributed by atoms with E-state index in [4.69, 9.17) is 0 Å². The molecule has 2 rings (SSSR count). The molecule has 22 heavy (non-hydrogen) atoms. The number of allylic oxidation sites excluding steroid dienone is 4. The monoisotopic (exact) mass is 322 g/mol. The lowest BCUT2D eigenvalue weighted by Crippen LogP contribution is -2.09. The highest BCUT2D eigenvalue weighted by Gasteiger charge is 2.18. The first-order chi connectivity index (χ1) is 10.3. The quantitative estimate of drug-likeness (QED) is 0.473. The maximum Gasteiger partial charge on any atom is 0.358 e. The summed E-state index contributed by atoms with van der Waals surface area (Å²) in [5.74, 6) is -0.227. The molecule has 0 saturated carbocycles. The van der Waals surface area contributed by atoms with Gasteiger partial charge >= 0.3 is 10.1 Å². The molecule has 0 aliphatic heterocycles. The maximum absolute atomic E-state index is 11.9. The maximum atomic E-state index is 11.9. The van der Waals surface area contributed by atoms with Crippen LogP contribution in [0.3, 0.4) is 0 Å². The smallest absolute Gasteiger partial charge is 0.290 e. The zero-order chi connectivity index (χ0) is 16.3. The van der Waals surface area contributed by atoms with Crippen LogP contribution in [0.25, 0.3) is 0 Å². The van der Waals surface area contributed by atoms with Crippen LogP contribution < -0.4 is 0 Å². The SMILES string of the molecule is CC1=CC(=O)C=C/C1=N\OS(=O)(=O)c1ccc([N+](=O)[O-])cc1. The summed E-state index contributed by atoms with van der Waals surface area (Å²) in [6.45, 7) is 1.59. The number of nitro benzene ring substituents is 1. The third-order valence-corrected chi connectivity index (χ3v) is 3.86. The van der Waals surface area contributed by atoms with E-state index in [0.29, 0.717) is 5.57 Å². The second-order valence-electron chi connectivity index (χ2n) is 4.32. The molecule has 1 aliphatic rings. The number of hydrogen-bond acceptors (Lipinski definition) is 7. The second kappa shape index (κ2) is 5.90. The van der Waals surface area contributed by atoms with E-state index >= 15 is 0 Å². The van der Waals surface area contributed by atoms with Crippen LogP contribution in [-0.2, 0) is 19.2 Å². The van der Waals surface area contributed by atoms with Gasteiger partial charge in [-0.1, -0.05) is 5.16 Å². The molecule has 8 nitrogen and oxygen atoms in total. The van der Waals surface area contributed by atoms with Crippen LogP contribution in [0.4, 0.5) is 5.69 Å². The van der Waals surface area contributed by atoms with Gasteiger partial charge in [-0.25, -0.2) is 0 Å². The number of hydrogen-bond donors (Lipinski definition) is 0. The van der Waals surface area contributed by atoms with E-state index in [1.54, 1.807) is 6.92 Å². The Bertz CT molecular complexity index is 819. The summed E-state index contributed by atoms with van der Waals surface area (Å²) in [7, 11) is -4.20. The molecule has 114 valence electrons. The summed E-state index contributed by atoms with van der Waals surface area (Å²) < 4.78 is 28.4. The summed E-state index contributed by atoms with van der Waals surface area (Å²) in [6.07, 6.45) is 3.86. The topological polar surface area (TPSA) is 116 Å². The van der Waals surface area contributed by atoms with Crippen LogP contribution in [0.15, 0.2) is 58.1 Å². The van der Waals surface area contributed by atoms with Crippen molar-refractivity contribution >= 4 is 27.3 Å². The predicted octanol–water partition coefficient (Wildman–Crippen LogP) is 1.74. The average molecular weight is 322 g/mol. The molecule has 9 heteroatoms. The van der Waals surface area contributed by atoms with Gasteiger partial charge in [0.25, 0.3) is 5.69 Å². The Morgan fingerprint density at radius 2 is 1.82 bits per heavy atom. The average Bonchev–Trinajstić information content (AvgIpc) is 2.46. The van der Waals surface area contributed by atoms with E-state index in [0.717, 1.165) is 24.3 Å². The summed E-state index contributed by atoms with van der Waals surface area (Å²) >= 11 is 0. The molecule has 0 spiro atoms. The first-order valence-electron chi connectivity index (χ1n) is 5.96. The van der Waals surface area contributed by atoms with Crippen molar-refractivity contribution in [1.29, 1.82) is 0 Å². The minimum atomic E-state index is -4.20. The molecule has 0 N–H and O–H groups in total. The molecular weight excluding hydrogens is 312 g/mol. The molecule has 0 fully saturated rings. The van der Waals surface area contributed by atoms with Crippen molar-refractivity contribution in [2.45, 2.75) is 11.8 Å². The second-order valence-corrected chi connectivity index (χ2v) is 5.85. The Morgan fingerprint density at radius 1 is 1.18 bits per heavy atom. The van der Waals surface area contributed by atoms with E-state index in [2.05, 4.69) is 9.44 Å². The molecule has 0 bridgehead atoms. The van der Waals surface area contributed by atoms with Crippen molar-refractivity contribution in [1.82, 2.24) is 0 Å². The number of oxime groups is 1. The van der Waals surface area contributed by atoms with Gasteiger partial charge in [0, 0.05) is 12.1 Å². The number of carbonyl (C=O) groups excluding carboxylic acids is 1. The van der Waals surface area contributed by atoms with Crippen LogP contribution in [-0.4, -0.2) is 24.8 Å². The van der Waals surface area contributed by atoms with Crippen molar-refractivity contribution in [3.05, 3.63) is 58.2 Å². The van der Waals surface area contributed by atoms with E-state index in [-0.39, 0.29) is 22.1 Å². The molecule has 0 unspecified atom stereocenters. The van der Waals surface area contributed by atoms with Crippen molar-refractivity contribution in [3.63, 3.8) is 0 Å². The fourth-order valence-corrected chi connectivity index (χ4v) is 2.33. The summed E-state index contributed by atoms with van der Waals surface area (Å²) in [5.41, 5.74) is 0.425. The molecule has 1 aliphatic carbocycles. The molecule has 1 aromatic carbocycles. The number of benzene rings is 1. The van der Waals surface area contributed by atoms with Gasteiger partial charge in [0.1, 0.15) is 10.6 Å². The zero-order valence-electron chi connectivity index (χ0n) is 11.3. The van der Waals surface area contributed by atoms with Crippen LogP contribution in [0.2, 0.25) is 0 Å². The normalized spacial score (nSPS) is 16.5. The van der Waals surface area contributed by atoms with Crippen molar-refractivity contribution < 1.29 is 22.4 Å². The van der Waals surface area contributed by atoms with Gasteiger partial charge in [-0.2, -0.15) is 8.42 Å². The highest BCUT2D eigenvalue weighted by atomic mass is 32.2. The number of nitro groups is 1. The fourth-order valence-electron chi connectivity index (χ4n) is 1.60. The standard InChI is InChI=1S/C13H10N2O6S/c1-9-8-11(16)4-7-13(9)14-21-22(19,20)12-5-2-10(3-6-12)15(17)18/h2-8H,1H3/b14-13+. The van der Waals surface area contributed by atoms with Gasteiger partial charge in [-0.05, 0) is 42.9 Å². The van der Waals surface area contributed by atoms with Gasteiger partial charge in [-0.3, -0.25) is 19.2 Å². The first-order valence-corrected chi connectivity index (χ1v) is 7.37. The molecule has 0 aromatic heterocycles. The summed E-state index contributed by atoms with van der Waals surface area (Å²) in [6, 6.07) is 4.20. The highest BCUT2D eigenvalue weighted by Crippen LogP contribution is 2.18. The fraction of sp³-hybridized carbons (Fsp3) is 0.0769. The lowest BCUT2D eigenvalue weighted by molar-refractivity contribution is -0.384. The Hall–Kier alpha value is -2.81. The van der Waals surface area contributed by atoms with Crippen LogP contribution >= 0.6 is 0 Å². The molecule has 1 aromatic rings. The largest absolute Gasteiger partial charge is 0.358 e. The van der Waals surface area contributed by atoms with Crippen LogP contribution in [0.5, 0.6) is 0 Å². The lowest BCUT2D eigenvalue weighted by Gasteiger charge is -2.06.